The van der Waals surface area contributed by atoms with Crippen molar-refractivity contribution in [3.63, 3.8) is 0 Å². The number of hydrogen-bond donors (Lipinski definition) is 1. The van der Waals surface area contributed by atoms with Gasteiger partial charge in [-0.25, -0.2) is 12.8 Å². The van der Waals surface area contributed by atoms with Crippen LogP contribution in [-0.2, 0) is 14.8 Å². The number of amides is 1. The molecule has 6 nitrogen and oxygen atoms in total. The molecule has 0 unspecified atom stereocenters. The highest BCUT2D eigenvalue weighted by Crippen LogP contribution is 2.40. The molecule has 2 aromatic carbocycles. The predicted octanol–water partition coefficient (Wildman–Crippen LogP) is 3.95. The van der Waals surface area contributed by atoms with E-state index in [9.17, 15) is 17.6 Å². The standard InChI is InChI=1S/C24H29FN2O4S/c1-16-6-11-20-21(14-24(2,3)31-22(20)13-16)26-23(28)17-5-4-12-27(15-17)32(29,30)19-9-7-18(25)8-10-19/h6-11,13,17,21H,4-5,12,14-15H2,1-3H3,(H,26,28)/t17-,21+/m0/s1. The van der Waals surface area contributed by atoms with Crippen LogP contribution >= 0.6 is 0 Å². The number of benzene rings is 2. The fraction of sp³-hybridized carbons (Fsp3) is 0.458. The Labute approximate surface area is 188 Å². The van der Waals surface area contributed by atoms with Crippen molar-refractivity contribution in [3.05, 3.63) is 59.4 Å². The number of hydrogen-bond acceptors (Lipinski definition) is 4. The van der Waals surface area contributed by atoms with Crippen LogP contribution in [0.3, 0.4) is 0 Å². The van der Waals surface area contributed by atoms with Crippen LogP contribution in [0.15, 0.2) is 47.4 Å². The molecule has 2 aliphatic rings. The van der Waals surface area contributed by atoms with Gasteiger partial charge in [0, 0.05) is 25.1 Å². The van der Waals surface area contributed by atoms with Crippen LogP contribution in [0.4, 0.5) is 4.39 Å². The summed E-state index contributed by atoms with van der Waals surface area (Å²) in [6, 6.07) is 10.5. The Balaban J connectivity index is 1.50. The number of halogens is 1. The molecule has 2 heterocycles. The van der Waals surface area contributed by atoms with E-state index in [2.05, 4.69) is 5.32 Å². The largest absolute Gasteiger partial charge is 0.487 e. The Morgan fingerprint density at radius 1 is 1.19 bits per heavy atom. The van der Waals surface area contributed by atoms with Gasteiger partial charge in [0.05, 0.1) is 16.9 Å². The summed E-state index contributed by atoms with van der Waals surface area (Å²) in [5.41, 5.74) is 1.60. The van der Waals surface area contributed by atoms with Crippen LogP contribution in [0.25, 0.3) is 0 Å². The molecule has 2 aromatic rings. The van der Waals surface area contributed by atoms with Crippen molar-refractivity contribution < 1.29 is 22.3 Å². The first-order valence-electron chi connectivity index (χ1n) is 10.9. The normalized spacial score (nSPS) is 23.1. The van der Waals surface area contributed by atoms with Gasteiger partial charge in [0.2, 0.25) is 15.9 Å². The highest BCUT2D eigenvalue weighted by atomic mass is 32.2. The third kappa shape index (κ3) is 4.66. The number of sulfonamides is 1. The van der Waals surface area contributed by atoms with Crippen LogP contribution in [0, 0.1) is 18.7 Å². The molecule has 1 saturated heterocycles. The van der Waals surface area contributed by atoms with Gasteiger partial charge < -0.3 is 10.1 Å². The van der Waals surface area contributed by atoms with E-state index in [4.69, 9.17) is 4.74 Å². The first-order chi connectivity index (χ1) is 15.0. The summed E-state index contributed by atoms with van der Waals surface area (Å²) in [5, 5.41) is 3.15. The van der Waals surface area contributed by atoms with E-state index >= 15 is 0 Å². The number of piperidine rings is 1. The topological polar surface area (TPSA) is 75.7 Å². The molecule has 0 radical (unpaired) electrons. The minimum Gasteiger partial charge on any atom is -0.487 e. The highest BCUT2D eigenvalue weighted by Gasteiger charge is 2.38. The fourth-order valence-electron chi connectivity index (χ4n) is 4.51. The van der Waals surface area contributed by atoms with Crippen LogP contribution in [-0.4, -0.2) is 37.3 Å². The summed E-state index contributed by atoms with van der Waals surface area (Å²) in [5.74, 6) is -0.317. The number of carbonyl (C=O) groups excluding carboxylic acids is 1. The average Bonchev–Trinajstić information content (AvgIpc) is 2.73. The summed E-state index contributed by atoms with van der Waals surface area (Å²) >= 11 is 0. The van der Waals surface area contributed by atoms with Gasteiger partial charge in [-0.1, -0.05) is 12.1 Å². The first-order valence-corrected chi connectivity index (χ1v) is 12.3. The SMILES string of the molecule is Cc1ccc2c(c1)OC(C)(C)C[C@H]2NC(=O)[C@H]1CCCN(S(=O)(=O)c2ccc(F)cc2)C1. The van der Waals surface area contributed by atoms with Crippen LogP contribution in [0.1, 0.15) is 50.3 Å². The fourth-order valence-corrected chi connectivity index (χ4v) is 6.03. The Morgan fingerprint density at radius 2 is 1.91 bits per heavy atom. The lowest BCUT2D eigenvalue weighted by Crippen LogP contribution is -2.48. The second kappa shape index (κ2) is 8.48. The molecule has 1 amide bonds. The molecule has 4 rings (SSSR count). The molecule has 0 spiro atoms. The zero-order valence-corrected chi connectivity index (χ0v) is 19.4. The lowest BCUT2D eigenvalue weighted by Gasteiger charge is -2.39. The minimum atomic E-state index is -3.78. The summed E-state index contributed by atoms with van der Waals surface area (Å²) in [6.45, 7) is 6.44. The monoisotopic (exact) mass is 460 g/mol. The molecule has 1 N–H and O–H groups in total. The quantitative estimate of drug-likeness (QED) is 0.750. The molecule has 2 aliphatic heterocycles. The molecule has 0 bridgehead atoms. The van der Waals surface area contributed by atoms with Crippen molar-refractivity contribution in [2.24, 2.45) is 5.92 Å². The Kier molecular flexibility index (Phi) is 6.02. The van der Waals surface area contributed by atoms with Gasteiger partial charge in [0.1, 0.15) is 17.2 Å². The van der Waals surface area contributed by atoms with Crippen molar-refractivity contribution in [2.45, 2.75) is 56.6 Å². The van der Waals surface area contributed by atoms with Crippen LogP contribution in [0.5, 0.6) is 5.75 Å². The van der Waals surface area contributed by atoms with Crippen molar-refractivity contribution in [1.29, 1.82) is 0 Å². The van der Waals surface area contributed by atoms with E-state index in [0.29, 0.717) is 25.8 Å². The first kappa shape index (κ1) is 22.7. The van der Waals surface area contributed by atoms with Crippen molar-refractivity contribution in [2.75, 3.05) is 13.1 Å². The minimum absolute atomic E-state index is 0.0374. The van der Waals surface area contributed by atoms with Crippen molar-refractivity contribution in [1.82, 2.24) is 9.62 Å². The molecule has 0 saturated carbocycles. The average molecular weight is 461 g/mol. The van der Waals surface area contributed by atoms with Crippen LogP contribution in [0.2, 0.25) is 0 Å². The second-order valence-electron chi connectivity index (χ2n) is 9.32. The molecule has 172 valence electrons. The smallest absolute Gasteiger partial charge is 0.243 e. The summed E-state index contributed by atoms with van der Waals surface area (Å²) in [6.07, 6.45) is 1.83. The van der Waals surface area contributed by atoms with E-state index in [1.54, 1.807) is 0 Å². The molecule has 2 atom stereocenters. The van der Waals surface area contributed by atoms with Crippen molar-refractivity contribution >= 4 is 15.9 Å². The Bertz CT molecular complexity index is 1120. The number of nitrogens with one attached hydrogen (secondary N) is 1. The molecular weight excluding hydrogens is 431 g/mol. The molecular formula is C24H29FN2O4S. The number of nitrogens with zero attached hydrogens (tertiary/aromatic N) is 1. The molecule has 0 aromatic heterocycles. The maximum atomic E-state index is 13.2. The maximum absolute atomic E-state index is 13.2. The van der Waals surface area contributed by atoms with Gasteiger partial charge in [0.15, 0.2) is 0 Å². The zero-order chi connectivity index (χ0) is 23.1. The highest BCUT2D eigenvalue weighted by molar-refractivity contribution is 7.89. The van der Waals surface area contributed by atoms with Crippen molar-refractivity contribution in [3.8, 4) is 5.75 Å². The zero-order valence-electron chi connectivity index (χ0n) is 18.6. The number of fused-ring (bicyclic) bond motifs is 1. The molecule has 32 heavy (non-hydrogen) atoms. The van der Waals surface area contributed by atoms with E-state index < -0.39 is 27.4 Å². The Morgan fingerprint density at radius 3 is 2.62 bits per heavy atom. The number of carbonyl (C=O) groups is 1. The van der Waals surface area contributed by atoms with Gasteiger partial charge in [-0.3, -0.25) is 4.79 Å². The lowest BCUT2D eigenvalue weighted by molar-refractivity contribution is -0.127. The lowest BCUT2D eigenvalue weighted by atomic mass is 9.88. The number of ether oxygens (including phenoxy) is 1. The predicted molar refractivity (Wildman–Crippen MR) is 119 cm³/mol. The molecule has 1 fully saturated rings. The maximum Gasteiger partial charge on any atom is 0.243 e. The van der Waals surface area contributed by atoms with Gasteiger partial charge in [-0.15, -0.1) is 0 Å². The third-order valence-electron chi connectivity index (χ3n) is 6.15. The molecule has 8 heteroatoms. The third-order valence-corrected chi connectivity index (χ3v) is 8.03. The summed E-state index contributed by atoms with van der Waals surface area (Å²) < 4.78 is 46.6. The van der Waals surface area contributed by atoms with E-state index in [1.165, 1.54) is 16.4 Å². The Hall–Kier alpha value is -2.45. The number of aryl methyl sites for hydroxylation is 1. The van der Waals surface area contributed by atoms with E-state index in [-0.39, 0.29) is 23.4 Å². The molecule has 0 aliphatic carbocycles. The van der Waals surface area contributed by atoms with Gasteiger partial charge in [-0.2, -0.15) is 4.31 Å². The van der Waals surface area contributed by atoms with Gasteiger partial charge >= 0.3 is 0 Å². The van der Waals surface area contributed by atoms with Crippen LogP contribution < -0.4 is 10.1 Å². The summed E-state index contributed by atoms with van der Waals surface area (Å²) in [7, 11) is -3.78. The van der Waals surface area contributed by atoms with E-state index in [0.717, 1.165) is 29.0 Å². The second-order valence-corrected chi connectivity index (χ2v) is 11.3. The van der Waals surface area contributed by atoms with Gasteiger partial charge in [-0.05, 0) is 69.5 Å². The van der Waals surface area contributed by atoms with Gasteiger partial charge in [0.25, 0.3) is 0 Å². The van der Waals surface area contributed by atoms with E-state index in [1.807, 2.05) is 39.0 Å². The number of rotatable bonds is 4. The summed E-state index contributed by atoms with van der Waals surface area (Å²) in [4.78, 5) is 13.2.